The van der Waals surface area contributed by atoms with E-state index in [-0.39, 0.29) is 5.54 Å². The molecule has 0 saturated carbocycles. The zero-order valence-corrected chi connectivity index (χ0v) is 38.1. The van der Waals surface area contributed by atoms with Crippen LogP contribution < -0.4 is 4.90 Å². The largest absolute Gasteiger partial charge is 0.308 e. The number of anilines is 3. The number of aromatic nitrogens is 4. The summed E-state index contributed by atoms with van der Waals surface area (Å²) in [5.41, 5.74) is 17.0. The first-order valence-corrected chi connectivity index (χ1v) is 23.0. The van der Waals surface area contributed by atoms with Crippen molar-refractivity contribution >= 4 is 49.9 Å². The quantitative estimate of drug-likeness (QED) is 0.135. The summed E-state index contributed by atoms with van der Waals surface area (Å²) < 4.78 is 7.06. The molecule has 11 aromatic rings. The van der Waals surface area contributed by atoms with Crippen LogP contribution in [0.5, 0.6) is 0 Å². The van der Waals surface area contributed by atoms with Crippen molar-refractivity contribution in [3.63, 3.8) is 0 Å². The van der Waals surface area contributed by atoms with E-state index >= 15 is 0 Å². The monoisotopic (exact) mass is 854 g/mol. The SMILES string of the molecule is CC(C)c1ccccc1-c1ccnc(-n2c3ccccc3c3ccc(N(c4cccc(-n5[cH+]n(C(C)(C)C)c6ccccc65)c4)c4c(-c5ccccc5)cccc4-c4ccccc4)cc32)c1. The molecule has 11 rings (SSSR count). The van der Waals surface area contributed by atoms with Crippen molar-refractivity contribution in [1.29, 1.82) is 0 Å². The van der Waals surface area contributed by atoms with E-state index in [9.17, 15) is 0 Å². The van der Waals surface area contributed by atoms with Crippen LogP contribution in [-0.2, 0) is 5.54 Å². The summed E-state index contributed by atoms with van der Waals surface area (Å²) in [4.78, 5) is 7.59. The van der Waals surface area contributed by atoms with Crippen LogP contribution in [0.25, 0.3) is 77.7 Å². The molecular formula is C61H52N5+. The van der Waals surface area contributed by atoms with Crippen molar-refractivity contribution in [3.05, 3.63) is 224 Å². The topological polar surface area (TPSA) is 30.9 Å². The highest BCUT2D eigenvalue weighted by Gasteiger charge is 2.27. The Bertz CT molecular complexity index is 3500. The summed E-state index contributed by atoms with van der Waals surface area (Å²) in [6.45, 7) is 11.3. The normalized spacial score (nSPS) is 11.8. The fourth-order valence-electron chi connectivity index (χ4n) is 9.84. The Morgan fingerprint density at radius 2 is 1.08 bits per heavy atom. The third-order valence-electron chi connectivity index (χ3n) is 12.9. The number of benzene rings is 8. The van der Waals surface area contributed by atoms with Gasteiger partial charge < -0.3 is 4.90 Å². The molecule has 8 aromatic carbocycles. The third kappa shape index (κ3) is 7.14. The molecule has 3 aromatic heterocycles. The minimum atomic E-state index is -0.117. The predicted molar refractivity (Wildman–Crippen MR) is 278 cm³/mol. The minimum absolute atomic E-state index is 0.117. The van der Waals surface area contributed by atoms with E-state index in [0.717, 1.165) is 72.9 Å². The van der Waals surface area contributed by atoms with Crippen LogP contribution in [0.3, 0.4) is 0 Å². The lowest BCUT2D eigenvalue weighted by molar-refractivity contribution is 0.406. The van der Waals surface area contributed by atoms with E-state index in [0.29, 0.717) is 5.92 Å². The number of hydrogen-bond donors (Lipinski definition) is 0. The van der Waals surface area contributed by atoms with Gasteiger partial charge in [0.1, 0.15) is 11.5 Å². The summed E-state index contributed by atoms with van der Waals surface area (Å²) in [5, 5.41) is 2.35. The second kappa shape index (κ2) is 16.5. The first-order valence-electron chi connectivity index (χ1n) is 23.0. The van der Waals surface area contributed by atoms with Gasteiger partial charge >= 0.3 is 0 Å². The minimum Gasteiger partial charge on any atom is -0.308 e. The van der Waals surface area contributed by atoms with E-state index in [4.69, 9.17) is 4.98 Å². The lowest BCUT2D eigenvalue weighted by Gasteiger charge is -2.30. The molecule has 0 spiro atoms. The number of rotatable bonds is 9. The Kier molecular flexibility index (Phi) is 10.2. The highest BCUT2D eigenvalue weighted by Crippen LogP contribution is 2.48. The van der Waals surface area contributed by atoms with Crippen molar-refractivity contribution in [2.75, 3.05) is 4.90 Å². The van der Waals surface area contributed by atoms with Crippen LogP contribution in [0.15, 0.2) is 219 Å². The molecule has 0 radical (unpaired) electrons. The Hall–Kier alpha value is -8.02. The zero-order valence-electron chi connectivity index (χ0n) is 38.1. The molecule has 0 unspecified atom stereocenters. The summed E-state index contributed by atoms with van der Waals surface area (Å²) in [7, 11) is 0. The van der Waals surface area contributed by atoms with Crippen LogP contribution in [0.1, 0.15) is 46.1 Å². The van der Waals surface area contributed by atoms with Crippen LogP contribution in [0.2, 0.25) is 0 Å². The summed E-state index contributed by atoms with van der Waals surface area (Å²) in [5.74, 6) is 1.26. The predicted octanol–water partition coefficient (Wildman–Crippen LogP) is 16.6. The van der Waals surface area contributed by atoms with Gasteiger partial charge in [-0.15, -0.1) is 0 Å². The number of hydrogen-bond acceptors (Lipinski definition) is 2. The molecule has 0 bridgehead atoms. The molecule has 0 aliphatic rings. The van der Waals surface area contributed by atoms with Gasteiger partial charge in [-0.1, -0.05) is 141 Å². The maximum Gasteiger partial charge on any atom is 0.191 e. The van der Waals surface area contributed by atoms with Gasteiger partial charge in [-0.05, 0) is 109 Å². The third-order valence-corrected chi connectivity index (χ3v) is 12.9. The molecule has 5 heteroatoms. The van der Waals surface area contributed by atoms with Crippen LogP contribution in [0, 0.1) is 0 Å². The van der Waals surface area contributed by atoms with Gasteiger partial charge in [-0.3, -0.25) is 4.57 Å². The highest BCUT2D eigenvalue weighted by atomic mass is 15.2. The lowest BCUT2D eigenvalue weighted by atomic mass is 9.93. The Balaban J connectivity index is 1.20. The van der Waals surface area contributed by atoms with Gasteiger partial charge in [0.05, 0.1) is 27.9 Å². The van der Waals surface area contributed by atoms with E-state index < -0.39 is 0 Å². The molecule has 0 atom stereocenters. The van der Waals surface area contributed by atoms with Crippen molar-refractivity contribution < 1.29 is 0 Å². The molecule has 0 amide bonds. The summed E-state index contributed by atoms with van der Waals surface area (Å²) >= 11 is 0. The molecule has 0 saturated heterocycles. The summed E-state index contributed by atoms with van der Waals surface area (Å²) in [6, 6.07) is 74.8. The number of pyridine rings is 1. The van der Waals surface area contributed by atoms with Crippen LogP contribution in [-0.4, -0.2) is 18.7 Å². The van der Waals surface area contributed by atoms with E-state index in [1.54, 1.807) is 0 Å². The average Bonchev–Trinajstić information content (AvgIpc) is 3.92. The molecular weight excluding hydrogens is 803 g/mol. The average molecular weight is 855 g/mol. The van der Waals surface area contributed by atoms with Crippen molar-refractivity contribution in [2.24, 2.45) is 0 Å². The Labute approximate surface area is 387 Å². The zero-order chi connectivity index (χ0) is 44.9. The fraction of sp³-hybridized carbons (Fsp3) is 0.115. The molecule has 0 aliphatic heterocycles. The molecule has 0 N–H and O–H groups in total. The van der Waals surface area contributed by atoms with Crippen molar-refractivity contribution in [2.45, 2.75) is 46.1 Å². The molecule has 320 valence electrons. The van der Waals surface area contributed by atoms with Gasteiger partial charge in [0.25, 0.3) is 0 Å². The number of para-hydroxylation sites is 4. The van der Waals surface area contributed by atoms with E-state index in [1.165, 1.54) is 27.4 Å². The van der Waals surface area contributed by atoms with Gasteiger partial charge in [0, 0.05) is 58.0 Å². The molecule has 0 aliphatic carbocycles. The van der Waals surface area contributed by atoms with Gasteiger partial charge in [0.15, 0.2) is 17.4 Å². The number of nitrogens with zero attached hydrogens (tertiary/aromatic N) is 5. The number of imidazole rings is 1. The highest BCUT2D eigenvalue weighted by molar-refractivity contribution is 6.11. The molecule has 66 heavy (non-hydrogen) atoms. The second-order valence-electron chi connectivity index (χ2n) is 18.5. The van der Waals surface area contributed by atoms with Gasteiger partial charge in [-0.25, -0.2) is 9.55 Å². The Morgan fingerprint density at radius 1 is 0.485 bits per heavy atom. The molecule has 5 nitrogen and oxygen atoms in total. The first-order chi connectivity index (χ1) is 32.2. The number of fused-ring (bicyclic) bond motifs is 4. The first kappa shape index (κ1) is 40.7. The van der Waals surface area contributed by atoms with E-state index in [1.807, 2.05) is 6.20 Å². The molecule has 0 fully saturated rings. The standard InChI is InChI=1S/C61H52N5/c1-42(2)49-26-12-13-27-50(49)45-36-37-62-59(38-45)66-55-31-15-14-28-53(55)54-35-34-48(40-58(54)66)65(60-51(43-20-8-6-9-21-43)29-19-30-52(60)44-22-10-7-11-23-44)47-25-18-24-46(39-47)63-41-64(61(3,4)5)57-33-17-16-32-56(57)63/h6-42H,1-5H3/q+1. The smallest absolute Gasteiger partial charge is 0.191 e. The van der Waals surface area contributed by atoms with Gasteiger partial charge in [0.2, 0.25) is 0 Å². The lowest BCUT2D eigenvalue weighted by Crippen LogP contribution is -2.20. The Morgan fingerprint density at radius 3 is 1.79 bits per heavy atom. The second-order valence-corrected chi connectivity index (χ2v) is 18.5. The van der Waals surface area contributed by atoms with Crippen molar-refractivity contribution in [3.8, 4) is 44.9 Å². The van der Waals surface area contributed by atoms with Crippen LogP contribution in [0.4, 0.5) is 17.1 Å². The van der Waals surface area contributed by atoms with Crippen LogP contribution >= 0.6 is 0 Å². The van der Waals surface area contributed by atoms with Crippen molar-refractivity contribution in [1.82, 2.24) is 18.7 Å². The molecule has 3 heterocycles. The maximum atomic E-state index is 5.11. The fourth-order valence-corrected chi connectivity index (χ4v) is 9.84. The van der Waals surface area contributed by atoms with E-state index in [2.05, 4.69) is 266 Å². The maximum absolute atomic E-state index is 5.11. The van der Waals surface area contributed by atoms with Gasteiger partial charge in [-0.2, -0.15) is 4.57 Å². The summed E-state index contributed by atoms with van der Waals surface area (Å²) in [6.07, 6.45) is 4.22.